The van der Waals surface area contributed by atoms with Crippen LogP contribution in [0.25, 0.3) is 0 Å². The summed E-state index contributed by atoms with van der Waals surface area (Å²) in [7, 11) is 0. The van der Waals surface area contributed by atoms with Crippen LogP contribution in [0.4, 0.5) is 4.39 Å². The lowest BCUT2D eigenvalue weighted by molar-refractivity contribution is -0.172. The van der Waals surface area contributed by atoms with Crippen molar-refractivity contribution in [3.63, 3.8) is 0 Å². The summed E-state index contributed by atoms with van der Waals surface area (Å²) in [4.78, 5) is 0. The van der Waals surface area contributed by atoms with E-state index in [-0.39, 0.29) is 13.1 Å². The van der Waals surface area contributed by atoms with Crippen molar-refractivity contribution in [2.45, 2.75) is 6.17 Å². The zero-order chi connectivity index (χ0) is 4.57. The molecule has 0 radical (unpaired) electrons. The maximum absolute atomic E-state index is 11.6. The monoisotopic (exact) mass is 91.0 g/mol. The standard InChI is InChI=1S/C3H6FNO/c4-3-1-5(6)2-3/h3,6H,1-2H2. The third-order valence-corrected chi connectivity index (χ3v) is 0.818. The van der Waals surface area contributed by atoms with Gasteiger partial charge in [0.2, 0.25) is 0 Å². The third-order valence-electron chi connectivity index (χ3n) is 0.818. The number of alkyl halides is 1. The predicted molar refractivity (Wildman–Crippen MR) is 18.3 cm³/mol. The summed E-state index contributed by atoms with van der Waals surface area (Å²) in [6.07, 6.45) is -0.782. The van der Waals surface area contributed by atoms with Crippen molar-refractivity contribution in [1.29, 1.82) is 0 Å². The lowest BCUT2D eigenvalue weighted by Gasteiger charge is -2.27. The molecular weight excluding hydrogens is 85.0 g/mol. The second-order valence-corrected chi connectivity index (χ2v) is 1.47. The Kier molecular flexibility index (Phi) is 0.782. The Morgan fingerprint density at radius 2 is 2.17 bits per heavy atom. The van der Waals surface area contributed by atoms with Crippen molar-refractivity contribution in [3.8, 4) is 0 Å². The average molecular weight is 91.1 g/mol. The quantitative estimate of drug-likeness (QED) is 0.454. The molecule has 6 heavy (non-hydrogen) atoms. The fourth-order valence-electron chi connectivity index (χ4n) is 0.404. The van der Waals surface area contributed by atoms with Gasteiger partial charge < -0.3 is 5.21 Å². The van der Waals surface area contributed by atoms with Crippen molar-refractivity contribution in [3.05, 3.63) is 0 Å². The van der Waals surface area contributed by atoms with E-state index in [0.29, 0.717) is 0 Å². The SMILES string of the molecule is ON1CC(F)C1. The lowest BCUT2D eigenvalue weighted by atomic mass is 10.2. The van der Waals surface area contributed by atoms with Crippen LogP contribution in [-0.2, 0) is 0 Å². The van der Waals surface area contributed by atoms with E-state index in [9.17, 15) is 4.39 Å². The molecule has 2 nitrogen and oxygen atoms in total. The molecule has 0 saturated carbocycles. The van der Waals surface area contributed by atoms with Crippen molar-refractivity contribution in [2.24, 2.45) is 0 Å². The number of hydroxylamine groups is 2. The van der Waals surface area contributed by atoms with Crippen molar-refractivity contribution in [2.75, 3.05) is 13.1 Å². The molecule has 0 aromatic heterocycles. The largest absolute Gasteiger partial charge is 0.314 e. The predicted octanol–water partition coefficient (Wildman–Crippen LogP) is 0.0293. The highest BCUT2D eigenvalue weighted by molar-refractivity contribution is 4.70. The number of halogens is 1. The van der Waals surface area contributed by atoms with E-state index in [1.54, 1.807) is 0 Å². The van der Waals surface area contributed by atoms with Gasteiger partial charge in [0.15, 0.2) is 0 Å². The fraction of sp³-hybridized carbons (Fsp3) is 1.00. The Morgan fingerprint density at radius 1 is 1.67 bits per heavy atom. The van der Waals surface area contributed by atoms with Crippen LogP contribution in [0.5, 0.6) is 0 Å². The molecule has 0 aromatic carbocycles. The van der Waals surface area contributed by atoms with E-state index < -0.39 is 6.17 Å². The second-order valence-electron chi connectivity index (χ2n) is 1.47. The van der Waals surface area contributed by atoms with Crippen LogP contribution in [0, 0.1) is 0 Å². The molecule has 1 N–H and O–H groups in total. The van der Waals surface area contributed by atoms with Gasteiger partial charge in [0, 0.05) is 0 Å². The van der Waals surface area contributed by atoms with Gasteiger partial charge in [0.1, 0.15) is 6.17 Å². The summed E-state index contributed by atoms with van der Waals surface area (Å²) in [5, 5.41) is 9.16. The molecule has 1 fully saturated rings. The van der Waals surface area contributed by atoms with Crippen LogP contribution in [0.1, 0.15) is 0 Å². The molecule has 1 rings (SSSR count). The molecule has 0 amide bonds. The minimum absolute atomic E-state index is 0.194. The summed E-state index contributed by atoms with van der Waals surface area (Å²) in [6, 6.07) is 0. The van der Waals surface area contributed by atoms with Gasteiger partial charge in [-0.2, -0.15) is 5.06 Å². The summed E-state index contributed by atoms with van der Waals surface area (Å²) in [5.74, 6) is 0. The number of hydrogen-bond donors (Lipinski definition) is 1. The molecule has 1 heterocycles. The van der Waals surface area contributed by atoms with Crippen LogP contribution < -0.4 is 0 Å². The van der Waals surface area contributed by atoms with Gasteiger partial charge in [-0.3, -0.25) is 0 Å². The molecule has 0 spiro atoms. The van der Waals surface area contributed by atoms with Gasteiger partial charge in [-0.05, 0) is 0 Å². The van der Waals surface area contributed by atoms with Crippen molar-refractivity contribution >= 4 is 0 Å². The van der Waals surface area contributed by atoms with Crippen LogP contribution >= 0.6 is 0 Å². The van der Waals surface area contributed by atoms with E-state index in [1.807, 2.05) is 0 Å². The van der Waals surface area contributed by atoms with Gasteiger partial charge in [-0.1, -0.05) is 0 Å². The molecular formula is C3H6FNO. The third kappa shape index (κ3) is 0.507. The first kappa shape index (κ1) is 4.02. The zero-order valence-electron chi connectivity index (χ0n) is 3.26. The smallest absolute Gasteiger partial charge is 0.130 e. The highest BCUT2D eigenvalue weighted by Gasteiger charge is 2.23. The maximum Gasteiger partial charge on any atom is 0.130 e. The molecule has 0 atom stereocenters. The van der Waals surface area contributed by atoms with E-state index in [1.165, 1.54) is 0 Å². The fourth-order valence-corrected chi connectivity index (χ4v) is 0.404. The van der Waals surface area contributed by atoms with E-state index >= 15 is 0 Å². The Labute approximate surface area is 35.1 Å². The Morgan fingerprint density at radius 3 is 2.17 bits per heavy atom. The molecule has 1 aliphatic heterocycles. The van der Waals surface area contributed by atoms with Gasteiger partial charge >= 0.3 is 0 Å². The van der Waals surface area contributed by atoms with Crippen LogP contribution in [0.15, 0.2) is 0 Å². The molecule has 0 aromatic rings. The molecule has 3 heteroatoms. The van der Waals surface area contributed by atoms with Gasteiger partial charge in [0.05, 0.1) is 13.1 Å². The zero-order valence-corrected chi connectivity index (χ0v) is 3.26. The topological polar surface area (TPSA) is 23.5 Å². The molecule has 36 valence electrons. The van der Waals surface area contributed by atoms with Gasteiger partial charge in [0.25, 0.3) is 0 Å². The average Bonchev–Trinajstić information content (AvgIpc) is 1.33. The Bertz CT molecular complexity index is 46.8. The highest BCUT2D eigenvalue weighted by Crippen LogP contribution is 2.05. The van der Waals surface area contributed by atoms with Crippen molar-refractivity contribution in [1.82, 2.24) is 5.06 Å². The summed E-state index contributed by atoms with van der Waals surface area (Å²) < 4.78 is 11.6. The second kappa shape index (κ2) is 1.17. The normalized spacial score (nSPS) is 27.0. The first-order valence-electron chi connectivity index (χ1n) is 1.87. The molecule has 0 unspecified atom stereocenters. The van der Waals surface area contributed by atoms with E-state index in [0.717, 1.165) is 5.06 Å². The Hall–Kier alpha value is -0.150. The lowest BCUT2D eigenvalue weighted by Crippen LogP contribution is -2.45. The summed E-state index contributed by atoms with van der Waals surface area (Å²) in [5.41, 5.74) is 0. The maximum atomic E-state index is 11.6. The number of hydrogen-bond acceptors (Lipinski definition) is 2. The van der Waals surface area contributed by atoms with Crippen LogP contribution in [0.3, 0.4) is 0 Å². The van der Waals surface area contributed by atoms with Gasteiger partial charge in [-0.15, -0.1) is 0 Å². The highest BCUT2D eigenvalue weighted by atomic mass is 19.1. The van der Waals surface area contributed by atoms with E-state index in [4.69, 9.17) is 5.21 Å². The van der Waals surface area contributed by atoms with Crippen LogP contribution in [-0.4, -0.2) is 29.5 Å². The summed E-state index contributed by atoms with van der Waals surface area (Å²) >= 11 is 0. The molecule has 0 aliphatic carbocycles. The number of rotatable bonds is 0. The minimum atomic E-state index is -0.782. The minimum Gasteiger partial charge on any atom is -0.314 e. The summed E-state index contributed by atoms with van der Waals surface area (Å²) in [6.45, 7) is 0.389. The Balaban J connectivity index is 2.11. The first-order valence-corrected chi connectivity index (χ1v) is 1.87. The molecule has 1 saturated heterocycles. The number of nitrogens with zero attached hydrogens (tertiary/aromatic N) is 1. The van der Waals surface area contributed by atoms with E-state index in [2.05, 4.69) is 0 Å². The molecule has 0 bridgehead atoms. The first-order chi connectivity index (χ1) is 2.79. The molecule has 1 aliphatic rings. The van der Waals surface area contributed by atoms with Gasteiger partial charge in [-0.25, -0.2) is 4.39 Å². The van der Waals surface area contributed by atoms with Crippen LogP contribution in [0.2, 0.25) is 0 Å². The van der Waals surface area contributed by atoms with Crippen molar-refractivity contribution < 1.29 is 9.60 Å².